The maximum absolute atomic E-state index is 13.4. The average molecular weight is 500 g/mol. The second kappa shape index (κ2) is 8.66. The molecular weight excluding hydrogens is 470 g/mol. The van der Waals surface area contributed by atoms with E-state index >= 15 is 0 Å². The van der Waals surface area contributed by atoms with Crippen LogP contribution in [0.2, 0.25) is 0 Å². The molecule has 3 aromatic rings. The number of fused-ring (bicyclic) bond motifs is 3. The van der Waals surface area contributed by atoms with Crippen molar-refractivity contribution in [1.82, 2.24) is 5.32 Å². The summed E-state index contributed by atoms with van der Waals surface area (Å²) in [6, 6.07) is 13.0. The van der Waals surface area contributed by atoms with Gasteiger partial charge < -0.3 is 14.6 Å². The summed E-state index contributed by atoms with van der Waals surface area (Å²) >= 11 is 1.44. The van der Waals surface area contributed by atoms with Gasteiger partial charge in [0, 0.05) is 28.1 Å². The lowest BCUT2D eigenvalue weighted by Gasteiger charge is -2.62. The molecule has 180 valence electrons. The zero-order valence-electron chi connectivity index (χ0n) is 19.2. The summed E-state index contributed by atoms with van der Waals surface area (Å²) in [5, 5.41) is 15.3. The van der Waals surface area contributed by atoms with Crippen molar-refractivity contribution in [3.8, 4) is 5.75 Å². The molecule has 0 radical (unpaired) electrons. The van der Waals surface area contributed by atoms with E-state index in [0.29, 0.717) is 29.2 Å². The van der Waals surface area contributed by atoms with Gasteiger partial charge in [-0.3, -0.25) is 4.79 Å². The number of hydrogen-bond acceptors (Lipinski definition) is 6. The van der Waals surface area contributed by atoms with Crippen LogP contribution < -0.4 is 9.50 Å². The van der Waals surface area contributed by atoms with Crippen LogP contribution in [-0.4, -0.2) is 32.1 Å². The first-order valence-corrected chi connectivity index (χ1v) is 13.9. The lowest BCUT2D eigenvalue weighted by atomic mass is 9.44. The Kier molecular flexibility index (Phi) is 5.94. The van der Waals surface area contributed by atoms with Gasteiger partial charge in [0.25, 0.3) is 5.91 Å². The van der Waals surface area contributed by atoms with Crippen LogP contribution in [0, 0.1) is 23.2 Å². The molecule has 0 saturated heterocycles. The van der Waals surface area contributed by atoms with Crippen molar-refractivity contribution in [2.45, 2.75) is 44.0 Å². The van der Waals surface area contributed by atoms with Crippen LogP contribution in [0.15, 0.2) is 58.8 Å². The van der Waals surface area contributed by atoms with Crippen LogP contribution in [0.3, 0.4) is 0 Å². The van der Waals surface area contributed by atoms with Crippen LogP contribution in [0.4, 0.5) is 0 Å². The first-order valence-electron chi connectivity index (χ1n) is 11.6. The predicted octanol–water partition coefficient (Wildman–Crippen LogP) is 4.83. The Hall–Kier alpha value is -2.42. The van der Waals surface area contributed by atoms with Crippen LogP contribution in [0.5, 0.6) is 5.75 Å². The Morgan fingerprint density at radius 2 is 1.94 bits per heavy atom. The summed E-state index contributed by atoms with van der Waals surface area (Å²) in [5.74, 6) is 1.32. The third-order valence-electron chi connectivity index (χ3n) is 7.90. The molecule has 1 amide bonds. The highest BCUT2D eigenvalue weighted by molar-refractivity contribution is 7.87. The fourth-order valence-corrected chi connectivity index (χ4v) is 7.68. The fraction of sp³-hybridized carbons (Fsp3) is 0.423. The zero-order valence-corrected chi connectivity index (χ0v) is 20.9. The number of amides is 1. The van der Waals surface area contributed by atoms with Crippen LogP contribution >= 0.6 is 11.3 Å². The standard InChI is InChI=1S/C26H29NO5S2/c1-26(2)17-12-16(10-11-28)24(22(26)13-17)27-25(29)21-15-33-23-9-8-18(14-20(21)23)32-34(30,31)19-6-4-3-5-7-19/h3-9,14-17,22,24,28H,10-13H2,1-2H3,(H,27,29)/t16-,17-,22-,24?/m1/s1. The first-order chi connectivity index (χ1) is 16.2. The number of hydrogen-bond donors (Lipinski definition) is 2. The van der Waals surface area contributed by atoms with E-state index in [0.717, 1.165) is 17.5 Å². The van der Waals surface area contributed by atoms with Crippen molar-refractivity contribution in [2.24, 2.45) is 23.2 Å². The van der Waals surface area contributed by atoms with Crippen LogP contribution in [0.1, 0.15) is 43.5 Å². The SMILES string of the molecule is CC1(C)[C@@H]2C[C@@H](CCO)C(NC(=O)c3csc4ccc(OS(=O)(=O)c5ccccc5)cc34)[C@H]1C2. The fourth-order valence-electron chi connectivity index (χ4n) is 5.81. The Balaban J connectivity index is 1.40. The Morgan fingerprint density at radius 3 is 2.65 bits per heavy atom. The number of benzene rings is 2. The molecule has 2 bridgehead atoms. The normalized spacial score (nSPS) is 25.5. The van der Waals surface area contributed by atoms with Gasteiger partial charge >= 0.3 is 10.1 Å². The van der Waals surface area contributed by atoms with Crippen molar-refractivity contribution in [3.63, 3.8) is 0 Å². The summed E-state index contributed by atoms with van der Waals surface area (Å²) in [6.07, 6.45) is 2.82. The molecule has 34 heavy (non-hydrogen) atoms. The highest BCUT2D eigenvalue weighted by atomic mass is 32.2. The van der Waals surface area contributed by atoms with Crippen LogP contribution in [0.25, 0.3) is 10.1 Å². The van der Waals surface area contributed by atoms with E-state index in [-0.39, 0.29) is 40.5 Å². The van der Waals surface area contributed by atoms with Gasteiger partial charge in [-0.25, -0.2) is 0 Å². The average Bonchev–Trinajstić information content (AvgIpc) is 3.23. The molecule has 2 aromatic carbocycles. The minimum atomic E-state index is -3.97. The second-order valence-electron chi connectivity index (χ2n) is 10.0. The van der Waals surface area contributed by atoms with E-state index in [4.69, 9.17) is 4.18 Å². The molecule has 3 aliphatic carbocycles. The van der Waals surface area contributed by atoms with Gasteiger partial charge in [-0.05, 0) is 72.8 Å². The lowest BCUT2D eigenvalue weighted by Crippen LogP contribution is -2.63. The van der Waals surface area contributed by atoms with E-state index in [1.165, 1.54) is 23.5 Å². The van der Waals surface area contributed by atoms with Crippen molar-refractivity contribution in [3.05, 3.63) is 59.5 Å². The molecule has 3 aliphatic rings. The van der Waals surface area contributed by atoms with Crippen molar-refractivity contribution < 1.29 is 22.5 Å². The molecule has 0 spiro atoms. The number of carbonyl (C=O) groups is 1. The lowest BCUT2D eigenvalue weighted by molar-refractivity contribution is -0.114. The summed E-state index contributed by atoms with van der Waals surface area (Å²) in [5.41, 5.74) is 0.706. The summed E-state index contributed by atoms with van der Waals surface area (Å²) in [4.78, 5) is 13.5. The molecule has 1 heterocycles. The van der Waals surface area contributed by atoms with Crippen LogP contribution in [-0.2, 0) is 10.1 Å². The monoisotopic (exact) mass is 499 g/mol. The third kappa shape index (κ3) is 4.01. The predicted molar refractivity (Wildman–Crippen MR) is 133 cm³/mol. The Bertz CT molecular complexity index is 1320. The molecule has 3 fully saturated rings. The topological polar surface area (TPSA) is 92.7 Å². The quantitative estimate of drug-likeness (QED) is 0.454. The molecule has 3 saturated carbocycles. The first kappa shape index (κ1) is 23.3. The number of nitrogens with one attached hydrogen (secondary N) is 1. The smallest absolute Gasteiger partial charge is 0.339 e. The summed E-state index contributed by atoms with van der Waals surface area (Å²) in [7, 11) is -3.97. The highest BCUT2D eigenvalue weighted by Gasteiger charge is 2.57. The maximum atomic E-state index is 13.4. The largest absolute Gasteiger partial charge is 0.396 e. The highest BCUT2D eigenvalue weighted by Crippen LogP contribution is 2.61. The van der Waals surface area contributed by atoms with Gasteiger partial charge in [-0.2, -0.15) is 8.42 Å². The van der Waals surface area contributed by atoms with Gasteiger partial charge in [0.15, 0.2) is 0 Å². The molecule has 1 aromatic heterocycles. The molecule has 6 nitrogen and oxygen atoms in total. The molecule has 1 unspecified atom stereocenters. The van der Waals surface area contributed by atoms with Gasteiger partial charge in [0.1, 0.15) is 10.6 Å². The third-order valence-corrected chi connectivity index (χ3v) is 10.1. The van der Waals surface area contributed by atoms with E-state index in [9.17, 15) is 18.3 Å². The van der Waals surface area contributed by atoms with E-state index < -0.39 is 10.1 Å². The Morgan fingerprint density at radius 1 is 1.18 bits per heavy atom. The van der Waals surface area contributed by atoms with E-state index in [1.54, 1.807) is 36.4 Å². The van der Waals surface area contributed by atoms with Gasteiger partial charge in [0.2, 0.25) is 0 Å². The molecular formula is C26H29NO5S2. The van der Waals surface area contributed by atoms with Gasteiger partial charge in [-0.15, -0.1) is 11.3 Å². The zero-order chi connectivity index (χ0) is 24.1. The Labute approximate surface area is 204 Å². The van der Waals surface area contributed by atoms with E-state index in [2.05, 4.69) is 19.2 Å². The summed E-state index contributed by atoms with van der Waals surface area (Å²) in [6.45, 7) is 4.67. The van der Waals surface area contributed by atoms with Crippen molar-refractivity contribution in [2.75, 3.05) is 6.61 Å². The number of aliphatic hydroxyl groups is 1. The number of thiophene rings is 1. The molecule has 8 heteroatoms. The number of aliphatic hydroxyl groups excluding tert-OH is 1. The number of carbonyl (C=O) groups excluding carboxylic acids is 1. The second-order valence-corrected chi connectivity index (χ2v) is 12.5. The molecule has 0 aliphatic heterocycles. The van der Waals surface area contributed by atoms with E-state index in [1.807, 2.05) is 5.38 Å². The van der Waals surface area contributed by atoms with Gasteiger partial charge in [0.05, 0.1) is 5.56 Å². The molecule has 6 rings (SSSR count). The van der Waals surface area contributed by atoms with Crippen molar-refractivity contribution in [1.29, 1.82) is 0 Å². The van der Waals surface area contributed by atoms with Gasteiger partial charge in [-0.1, -0.05) is 32.0 Å². The minimum absolute atomic E-state index is 0.0208. The molecule has 4 atom stereocenters. The minimum Gasteiger partial charge on any atom is -0.396 e. The maximum Gasteiger partial charge on any atom is 0.339 e. The number of rotatable bonds is 7. The molecule has 2 N–H and O–H groups in total. The summed E-state index contributed by atoms with van der Waals surface area (Å²) < 4.78 is 31.5. The van der Waals surface area contributed by atoms with Crippen molar-refractivity contribution >= 4 is 37.4 Å².